The fourth-order valence-electron chi connectivity index (χ4n) is 5.07. The Morgan fingerprint density at radius 1 is 0.688 bits per heavy atom. The standard InChI is InChI=1S/C33H26F6O5S2.2CH4/c1-17(40)20-5-9-22(10-6-20)44-23-11-7-21(8-12-23)30(41)43-16-25-14-27(19(3)46-25)29-28(26-13-24(15-42-4)45-18(26)2)31(34,35)33(38,39)32(29,36)37;;/h5-14H,15-16H2,1-4H3;2*1H4. The van der Waals surface area contributed by atoms with Gasteiger partial charge in [0, 0.05) is 43.3 Å². The van der Waals surface area contributed by atoms with E-state index in [2.05, 4.69) is 0 Å². The van der Waals surface area contributed by atoms with Crippen molar-refractivity contribution in [1.82, 2.24) is 0 Å². The van der Waals surface area contributed by atoms with E-state index >= 15 is 17.6 Å². The molecule has 5 nitrogen and oxygen atoms in total. The van der Waals surface area contributed by atoms with Gasteiger partial charge in [0.2, 0.25) is 0 Å². The van der Waals surface area contributed by atoms with Gasteiger partial charge in [-0.3, -0.25) is 4.79 Å². The Bertz CT molecular complexity index is 1820. The first-order chi connectivity index (χ1) is 21.6. The van der Waals surface area contributed by atoms with E-state index in [-0.39, 0.29) is 47.4 Å². The number of benzene rings is 2. The molecule has 0 saturated carbocycles. The monoisotopic (exact) mass is 712 g/mol. The highest BCUT2D eigenvalue weighted by molar-refractivity contribution is 7.12. The Hall–Kier alpha value is -3.94. The molecule has 0 radical (unpaired) electrons. The highest BCUT2D eigenvalue weighted by Crippen LogP contribution is 2.65. The van der Waals surface area contributed by atoms with E-state index in [9.17, 15) is 18.4 Å². The number of carbonyl (C=O) groups is 2. The lowest BCUT2D eigenvalue weighted by molar-refractivity contribution is -0.254. The van der Waals surface area contributed by atoms with Crippen molar-refractivity contribution in [2.45, 2.75) is 66.6 Å². The first-order valence-corrected chi connectivity index (χ1v) is 15.3. The Labute approximate surface area is 282 Å². The minimum absolute atomic E-state index is 0. The molecule has 0 aliphatic heterocycles. The topological polar surface area (TPSA) is 61.8 Å². The molecule has 0 atom stereocenters. The number of rotatable bonds is 10. The maximum absolute atomic E-state index is 15.3. The van der Waals surface area contributed by atoms with Crippen molar-refractivity contribution in [2.24, 2.45) is 0 Å². The SMILES string of the molecule is C.C.COCc1cc(C2=C(c3cc(COC(=O)c4ccc(Oc5ccc(C(C)=O)cc5)cc4)sc3C)C(F)(F)C(F)(F)C2(F)F)c(C)s1. The molecule has 5 rings (SSSR count). The first-order valence-electron chi connectivity index (χ1n) is 13.7. The highest BCUT2D eigenvalue weighted by atomic mass is 32.1. The van der Waals surface area contributed by atoms with Crippen LogP contribution in [-0.4, -0.2) is 36.6 Å². The van der Waals surface area contributed by atoms with Crippen LogP contribution in [0.1, 0.15) is 73.1 Å². The third-order valence-electron chi connectivity index (χ3n) is 7.36. The van der Waals surface area contributed by atoms with Gasteiger partial charge in [0.05, 0.1) is 12.2 Å². The number of esters is 1. The predicted octanol–water partition coefficient (Wildman–Crippen LogP) is 11.0. The molecule has 0 amide bonds. The van der Waals surface area contributed by atoms with Crippen molar-refractivity contribution >= 4 is 45.6 Å². The summed E-state index contributed by atoms with van der Waals surface area (Å²) in [5, 5.41) is 0. The maximum atomic E-state index is 15.3. The fraction of sp³-hybridized carbons (Fsp3) is 0.314. The zero-order valence-electron chi connectivity index (χ0n) is 24.8. The van der Waals surface area contributed by atoms with Gasteiger partial charge in [0.25, 0.3) is 0 Å². The summed E-state index contributed by atoms with van der Waals surface area (Å²) in [7, 11) is 1.36. The number of ether oxygens (including phenoxy) is 3. The largest absolute Gasteiger partial charge is 0.457 e. The molecule has 0 bridgehead atoms. The molecule has 1 aliphatic carbocycles. The molecule has 2 aromatic carbocycles. The molecule has 0 unspecified atom stereocenters. The normalized spacial score (nSPS) is 15.8. The van der Waals surface area contributed by atoms with E-state index in [0.29, 0.717) is 21.9 Å². The summed E-state index contributed by atoms with van der Waals surface area (Å²) < 4.78 is 107. The Morgan fingerprint density at radius 2 is 1.10 bits per heavy atom. The molecule has 2 aromatic heterocycles. The summed E-state index contributed by atoms with van der Waals surface area (Å²) in [6.07, 6.45) is 0. The second-order valence-electron chi connectivity index (χ2n) is 10.6. The average Bonchev–Trinajstić information content (AvgIpc) is 3.57. The fourth-order valence-corrected chi connectivity index (χ4v) is 7.05. The van der Waals surface area contributed by atoms with Crippen molar-refractivity contribution in [3.63, 3.8) is 0 Å². The third kappa shape index (κ3) is 6.81. The van der Waals surface area contributed by atoms with Crippen LogP contribution in [0.3, 0.4) is 0 Å². The van der Waals surface area contributed by atoms with Crippen LogP contribution in [0.5, 0.6) is 11.5 Å². The second kappa shape index (κ2) is 14.3. The van der Waals surface area contributed by atoms with Crippen LogP contribution in [0.15, 0.2) is 60.7 Å². The van der Waals surface area contributed by atoms with Gasteiger partial charge in [0.1, 0.15) is 18.1 Å². The predicted molar refractivity (Wildman–Crippen MR) is 176 cm³/mol. The van der Waals surface area contributed by atoms with Gasteiger partial charge in [0.15, 0.2) is 5.78 Å². The summed E-state index contributed by atoms with van der Waals surface area (Å²) in [6, 6.07) is 14.7. The zero-order valence-corrected chi connectivity index (χ0v) is 26.4. The van der Waals surface area contributed by atoms with Gasteiger partial charge in [-0.15, -0.1) is 22.7 Å². The van der Waals surface area contributed by atoms with Crippen LogP contribution >= 0.6 is 22.7 Å². The van der Waals surface area contributed by atoms with Crippen LogP contribution in [0.4, 0.5) is 26.3 Å². The molecule has 0 fully saturated rings. The van der Waals surface area contributed by atoms with Gasteiger partial charge in [-0.2, -0.15) is 26.3 Å². The molecule has 0 saturated heterocycles. The number of hydrogen-bond donors (Lipinski definition) is 0. The highest BCUT2D eigenvalue weighted by Gasteiger charge is 2.80. The molecular weight excluding hydrogens is 679 g/mol. The molecule has 4 aromatic rings. The number of methoxy groups -OCH3 is 1. The van der Waals surface area contributed by atoms with E-state index in [1.165, 1.54) is 58.2 Å². The van der Waals surface area contributed by atoms with Crippen molar-refractivity contribution in [1.29, 1.82) is 0 Å². The number of thiophene rings is 2. The Morgan fingerprint density at radius 3 is 1.52 bits per heavy atom. The number of halogens is 6. The lowest BCUT2D eigenvalue weighted by atomic mass is 9.95. The van der Waals surface area contributed by atoms with Crippen LogP contribution in [0.2, 0.25) is 0 Å². The molecule has 13 heteroatoms. The Balaban J connectivity index is 0.00000312. The van der Waals surface area contributed by atoms with E-state index < -0.39 is 52.6 Å². The molecule has 1 aliphatic rings. The summed E-state index contributed by atoms with van der Waals surface area (Å²) in [6.45, 7) is 3.77. The zero-order chi connectivity index (χ0) is 33.6. The van der Waals surface area contributed by atoms with Gasteiger partial charge >= 0.3 is 23.7 Å². The summed E-state index contributed by atoms with van der Waals surface area (Å²) in [5.41, 5.74) is -3.08. The van der Waals surface area contributed by atoms with Gasteiger partial charge in [-0.25, -0.2) is 4.79 Å². The smallest absolute Gasteiger partial charge is 0.380 e. The Kier molecular flexibility index (Phi) is 11.4. The van der Waals surface area contributed by atoms with Crippen LogP contribution in [0, 0.1) is 13.8 Å². The third-order valence-corrected chi connectivity index (χ3v) is 9.41. The maximum Gasteiger partial charge on any atom is 0.380 e. The van der Waals surface area contributed by atoms with Crippen molar-refractivity contribution in [3.05, 3.63) is 102 Å². The average molecular weight is 713 g/mol. The van der Waals surface area contributed by atoms with E-state index in [0.717, 1.165) is 28.7 Å². The number of carbonyl (C=O) groups excluding carboxylic acids is 2. The lowest BCUT2D eigenvalue weighted by Gasteiger charge is -2.25. The number of ketones is 1. The number of Topliss-reactive ketones (excluding diaryl/α,β-unsaturated/α-hetero) is 1. The lowest BCUT2D eigenvalue weighted by Crippen LogP contribution is -2.48. The molecule has 48 heavy (non-hydrogen) atoms. The van der Waals surface area contributed by atoms with Crippen molar-refractivity contribution < 1.29 is 50.1 Å². The number of allylic oxidation sites excluding steroid dienone is 2. The first kappa shape index (κ1) is 38.5. The molecule has 0 N–H and O–H groups in total. The quantitative estimate of drug-likeness (QED) is 0.0931. The minimum atomic E-state index is -5.69. The summed E-state index contributed by atoms with van der Waals surface area (Å²) in [4.78, 5) is 25.0. The van der Waals surface area contributed by atoms with Crippen molar-refractivity contribution in [2.75, 3.05) is 7.11 Å². The number of alkyl halides is 6. The van der Waals surface area contributed by atoms with E-state index in [1.54, 1.807) is 24.3 Å². The van der Waals surface area contributed by atoms with E-state index in [4.69, 9.17) is 14.2 Å². The molecular formula is C35H34F6O5S2. The number of hydrogen-bond acceptors (Lipinski definition) is 7. The van der Waals surface area contributed by atoms with Crippen molar-refractivity contribution in [3.8, 4) is 11.5 Å². The van der Waals surface area contributed by atoms with Crippen LogP contribution < -0.4 is 4.74 Å². The summed E-state index contributed by atoms with van der Waals surface area (Å²) >= 11 is 1.86. The molecule has 2 heterocycles. The molecule has 0 spiro atoms. The van der Waals surface area contributed by atoms with Crippen LogP contribution in [-0.2, 0) is 22.7 Å². The molecule has 258 valence electrons. The minimum Gasteiger partial charge on any atom is -0.457 e. The van der Waals surface area contributed by atoms with E-state index in [1.807, 2.05) is 0 Å². The number of aryl methyl sites for hydroxylation is 2. The second-order valence-corrected chi connectivity index (χ2v) is 13.2. The van der Waals surface area contributed by atoms with Gasteiger partial charge < -0.3 is 14.2 Å². The van der Waals surface area contributed by atoms with Crippen LogP contribution in [0.25, 0.3) is 11.1 Å². The summed E-state index contributed by atoms with van der Waals surface area (Å²) in [5.74, 6) is -16.0. The van der Waals surface area contributed by atoms with Gasteiger partial charge in [-0.05, 0) is 92.6 Å². The van der Waals surface area contributed by atoms with Gasteiger partial charge in [-0.1, -0.05) is 14.9 Å².